The molecule has 2 rings (SSSR count). The molecule has 18 heavy (non-hydrogen) atoms. The summed E-state index contributed by atoms with van der Waals surface area (Å²) >= 11 is 0. The fraction of sp³-hybridized carbons (Fsp3) is 0.692. The average Bonchev–Trinajstić information content (AvgIpc) is 2.87. The van der Waals surface area contributed by atoms with Crippen molar-refractivity contribution >= 4 is 11.9 Å². The molecule has 0 aromatic rings. The molecule has 2 aliphatic rings. The number of carboxylic acids is 1. The van der Waals surface area contributed by atoms with E-state index in [1.807, 2.05) is 6.92 Å². The van der Waals surface area contributed by atoms with Crippen LogP contribution in [-0.2, 0) is 14.3 Å². The number of hydrogen-bond acceptors (Lipinski definition) is 4. The number of hydrogen-bond donors (Lipinski definition) is 2. The zero-order valence-electron chi connectivity index (χ0n) is 10.6. The number of ether oxygens (including phenoxy) is 1. The zero-order chi connectivity index (χ0) is 13.1. The highest BCUT2D eigenvalue weighted by Crippen LogP contribution is 2.36. The third-order valence-electron chi connectivity index (χ3n) is 3.61. The smallest absolute Gasteiger partial charge is 0.327 e. The summed E-state index contributed by atoms with van der Waals surface area (Å²) in [7, 11) is 0. The van der Waals surface area contributed by atoms with Gasteiger partial charge in [-0.05, 0) is 24.8 Å². The van der Waals surface area contributed by atoms with Crippen LogP contribution in [0.4, 0.5) is 0 Å². The number of carboxylic acid groups (broad SMARTS) is 1. The van der Waals surface area contributed by atoms with Gasteiger partial charge in [-0.1, -0.05) is 18.9 Å². The summed E-state index contributed by atoms with van der Waals surface area (Å²) in [5, 5.41) is 12.1. The first-order valence-corrected chi connectivity index (χ1v) is 6.47. The lowest BCUT2D eigenvalue weighted by Crippen LogP contribution is -2.36. The van der Waals surface area contributed by atoms with Crippen molar-refractivity contribution in [1.29, 1.82) is 0 Å². The zero-order valence-corrected chi connectivity index (χ0v) is 10.6. The Bertz CT molecular complexity index is 388. The SMILES string of the molecule is CCCCOC(=O)C1NCC2=C1CC(C(=O)O)C2. The van der Waals surface area contributed by atoms with Crippen molar-refractivity contribution in [2.24, 2.45) is 5.92 Å². The van der Waals surface area contributed by atoms with Crippen LogP contribution in [0.25, 0.3) is 0 Å². The second-order valence-corrected chi connectivity index (χ2v) is 4.91. The Morgan fingerprint density at radius 3 is 2.89 bits per heavy atom. The van der Waals surface area contributed by atoms with Gasteiger partial charge in [0.2, 0.25) is 0 Å². The van der Waals surface area contributed by atoms with Crippen LogP contribution in [0, 0.1) is 5.92 Å². The van der Waals surface area contributed by atoms with Gasteiger partial charge in [-0.2, -0.15) is 0 Å². The maximum atomic E-state index is 11.9. The predicted molar refractivity (Wildman–Crippen MR) is 65.0 cm³/mol. The normalized spacial score (nSPS) is 26.3. The molecule has 1 aliphatic heterocycles. The average molecular weight is 253 g/mol. The highest BCUT2D eigenvalue weighted by molar-refractivity contribution is 5.82. The fourth-order valence-corrected chi connectivity index (χ4v) is 2.57. The summed E-state index contributed by atoms with van der Waals surface area (Å²) < 4.78 is 5.19. The second kappa shape index (κ2) is 5.52. The van der Waals surface area contributed by atoms with E-state index in [1.165, 1.54) is 0 Å². The van der Waals surface area contributed by atoms with E-state index in [2.05, 4.69) is 5.32 Å². The molecule has 0 aromatic heterocycles. The van der Waals surface area contributed by atoms with Crippen LogP contribution >= 0.6 is 0 Å². The molecule has 0 saturated carbocycles. The Hall–Kier alpha value is -1.36. The van der Waals surface area contributed by atoms with Crippen LogP contribution in [0.15, 0.2) is 11.1 Å². The minimum atomic E-state index is -0.775. The highest BCUT2D eigenvalue weighted by atomic mass is 16.5. The summed E-state index contributed by atoms with van der Waals surface area (Å²) in [5.41, 5.74) is 2.03. The number of carbonyl (C=O) groups excluding carboxylic acids is 1. The Labute approximate surface area is 106 Å². The van der Waals surface area contributed by atoms with Crippen molar-refractivity contribution in [3.63, 3.8) is 0 Å². The Balaban J connectivity index is 1.92. The van der Waals surface area contributed by atoms with Gasteiger partial charge in [-0.3, -0.25) is 10.1 Å². The number of esters is 1. The van der Waals surface area contributed by atoms with Crippen molar-refractivity contribution < 1.29 is 19.4 Å². The molecular formula is C13H19NO4. The van der Waals surface area contributed by atoms with E-state index in [9.17, 15) is 9.59 Å². The van der Waals surface area contributed by atoms with Crippen LogP contribution in [-0.4, -0.2) is 36.2 Å². The van der Waals surface area contributed by atoms with Gasteiger partial charge in [0.25, 0.3) is 0 Å². The summed E-state index contributed by atoms with van der Waals surface area (Å²) in [6, 6.07) is -0.416. The molecule has 2 N–H and O–H groups in total. The van der Waals surface area contributed by atoms with Gasteiger partial charge in [0, 0.05) is 6.54 Å². The van der Waals surface area contributed by atoms with Gasteiger partial charge in [0.15, 0.2) is 0 Å². The Morgan fingerprint density at radius 1 is 1.44 bits per heavy atom. The van der Waals surface area contributed by atoms with Crippen molar-refractivity contribution in [2.75, 3.05) is 13.2 Å². The van der Waals surface area contributed by atoms with Gasteiger partial charge in [0.05, 0.1) is 12.5 Å². The summed E-state index contributed by atoms with van der Waals surface area (Å²) in [6.45, 7) is 3.10. The number of nitrogens with one attached hydrogen (secondary N) is 1. The molecule has 2 unspecified atom stereocenters. The molecule has 0 radical (unpaired) electrons. The quantitative estimate of drug-likeness (QED) is 0.436. The number of rotatable bonds is 5. The first-order chi connectivity index (χ1) is 8.63. The molecule has 0 fully saturated rings. The van der Waals surface area contributed by atoms with Crippen LogP contribution in [0.1, 0.15) is 32.6 Å². The van der Waals surface area contributed by atoms with E-state index in [0.29, 0.717) is 26.0 Å². The minimum absolute atomic E-state index is 0.264. The molecule has 0 amide bonds. The molecule has 5 nitrogen and oxygen atoms in total. The Kier molecular flexibility index (Phi) is 4.01. The van der Waals surface area contributed by atoms with Crippen molar-refractivity contribution in [1.82, 2.24) is 5.32 Å². The standard InChI is InChI=1S/C13H19NO4/c1-2-3-4-18-13(17)11-10-6-8(12(15)16)5-9(10)7-14-11/h8,11,14H,2-7H2,1H3,(H,15,16). The van der Waals surface area contributed by atoms with Crippen LogP contribution < -0.4 is 5.32 Å². The van der Waals surface area contributed by atoms with Gasteiger partial charge in [0.1, 0.15) is 6.04 Å². The third-order valence-corrected chi connectivity index (χ3v) is 3.61. The fourth-order valence-electron chi connectivity index (χ4n) is 2.57. The lowest BCUT2D eigenvalue weighted by molar-refractivity contribution is -0.145. The molecule has 5 heteroatoms. The van der Waals surface area contributed by atoms with Crippen LogP contribution in [0.2, 0.25) is 0 Å². The summed E-state index contributed by atoms with van der Waals surface area (Å²) in [5.74, 6) is -1.40. The lowest BCUT2D eigenvalue weighted by Gasteiger charge is -2.15. The molecule has 0 aromatic carbocycles. The highest BCUT2D eigenvalue weighted by Gasteiger charge is 2.39. The number of carbonyl (C=O) groups is 2. The molecule has 1 heterocycles. The van der Waals surface area contributed by atoms with E-state index < -0.39 is 12.0 Å². The van der Waals surface area contributed by atoms with Gasteiger partial charge in [-0.15, -0.1) is 0 Å². The first kappa shape index (κ1) is 13.1. The van der Waals surface area contributed by atoms with Crippen LogP contribution in [0.5, 0.6) is 0 Å². The molecule has 0 saturated heterocycles. The lowest BCUT2D eigenvalue weighted by atomic mass is 10.0. The van der Waals surface area contributed by atoms with Gasteiger partial charge in [-0.25, -0.2) is 4.79 Å². The van der Waals surface area contributed by atoms with E-state index in [0.717, 1.165) is 24.0 Å². The summed E-state index contributed by atoms with van der Waals surface area (Å²) in [6.07, 6.45) is 2.89. The van der Waals surface area contributed by atoms with E-state index in [-0.39, 0.29) is 11.9 Å². The molecular weight excluding hydrogens is 234 g/mol. The molecule has 0 spiro atoms. The van der Waals surface area contributed by atoms with Gasteiger partial charge < -0.3 is 9.84 Å². The number of aliphatic carboxylic acids is 1. The topological polar surface area (TPSA) is 75.6 Å². The maximum absolute atomic E-state index is 11.9. The molecule has 2 atom stereocenters. The van der Waals surface area contributed by atoms with E-state index in [4.69, 9.17) is 9.84 Å². The monoisotopic (exact) mass is 253 g/mol. The van der Waals surface area contributed by atoms with Crippen molar-refractivity contribution in [2.45, 2.75) is 38.6 Å². The van der Waals surface area contributed by atoms with Crippen molar-refractivity contribution in [3.8, 4) is 0 Å². The second-order valence-electron chi connectivity index (χ2n) is 4.91. The molecule has 100 valence electrons. The van der Waals surface area contributed by atoms with Crippen molar-refractivity contribution in [3.05, 3.63) is 11.1 Å². The summed E-state index contributed by atoms with van der Waals surface area (Å²) in [4.78, 5) is 22.8. The predicted octanol–water partition coefficient (Wildman–Crippen LogP) is 1.09. The molecule has 1 aliphatic carbocycles. The van der Waals surface area contributed by atoms with E-state index >= 15 is 0 Å². The third kappa shape index (κ3) is 2.56. The largest absolute Gasteiger partial charge is 0.481 e. The minimum Gasteiger partial charge on any atom is -0.481 e. The maximum Gasteiger partial charge on any atom is 0.327 e. The first-order valence-electron chi connectivity index (χ1n) is 6.47. The van der Waals surface area contributed by atoms with Gasteiger partial charge >= 0.3 is 11.9 Å². The Morgan fingerprint density at radius 2 is 2.22 bits per heavy atom. The molecule has 0 bridgehead atoms. The van der Waals surface area contributed by atoms with Crippen LogP contribution in [0.3, 0.4) is 0 Å². The van der Waals surface area contributed by atoms with E-state index in [1.54, 1.807) is 0 Å². The number of unbranched alkanes of at least 4 members (excludes halogenated alkanes) is 1.